The van der Waals surface area contributed by atoms with Gasteiger partial charge >= 0.3 is 108 Å². The van der Waals surface area contributed by atoms with Crippen molar-refractivity contribution < 1.29 is 9.47 Å². The number of para-hydroxylation sites is 2. The van der Waals surface area contributed by atoms with E-state index >= 15 is 0 Å². The van der Waals surface area contributed by atoms with Crippen LogP contribution in [0.2, 0.25) is 0 Å². The van der Waals surface area contributed by atoms with Crippen molar-refractivity contribution in [3.63, 3.8) is 0 Å². The molecule has 0 aromatic heterocycles. The van der Waals surface area contributed by atoms with Gasteiger partial charge in [-0.3, -0.25) is 0 Å². The molecule has 17 heavy (non-hydrogen) atoms. The van der Waals surface area contributed by atoms with Gasteiger partial charge in [-0.25, -0.2) is 0 Å². The van der Waals surface area contributed by atoms with Crippen LogP contribution in [0.3, 0.4) is 0 Å². The molecule has 0 atom stereocenters. The molecule has 2 rings (SSSR count). The Hall–Kier alpha value is -1.44. The first-order chi connectivity index (χ1) is 8.45. The zero-order valence-corrected chi connectivity index (χ0v) is 11.1. The van der Waals surface area contributed by atoms with Crippen LogP contribution in [-0.2, 0) is 0 Å². The second-order valence-electron chi connectivity index (χ2n) is 3.35. The molecule has 0 radical (unpaired) electrons. The van der Waals surface area contributed by atoms with Crippen LogP contribution in [0.5, 0.6) is 11.5 Å². The molecule has 88 valence electrons. The van der Waals surface area contributed by atoms with Crippen molar-refractivity contribution in [3.05, 3.63) is 60.7 Å². The van der Waals surface area contributed by atoms with Crippen LogP contribution in [0.4, 0.5) is 0 Å². The van der Waals surface area contributed by atoms with E-state index in [1.165, 1.54) is 0 Å². The van der Waals surface area contributed by atoms with E-state index in [4.69, 9.17) is 9.47 Å². The molecule has 0 spiro atoms. The first-order valence-electron chi connectivity index (χ1n) is 5.38. The van der Waals surface area contributed by atoms with E-state index in [-0.39, 0.29) is 0 Å². The van der Waals surface area contributed by atoms with Crippen LogP contribution in [0.1, 0.15) is 0 Å². The Morgan fingerprint density at radius 3 is 1.47 bits per heavy atom. The molecule has 0 bridgehead atoms. The van der Waals surface area contributed by atoms with Gasteiger partial charge < -0.3 is 0 Å². The Morgan fingerprint density at radius 2 is 1.06 bits per heavy atom. The third-order valence-corrected chi connectivity index (χ3v) is 3.30. The molecule has 0 saturated carbocycles. The van der Waals surface area contributed by atoms with E-state index in [1.807, 2.05) is 60.7 Å². The van der Waals surface area contributed by atoms with Gasteiger partial charge in [0.25, 0.3) is 0 Å². The number of benzene rings is 2. The van der Waals surface area contributed by atoms with Gasteiger partial charge in [0.05, 0.1) is 0 Å². The first kappa shape index (κ1) is 12.0. The fourth-order valence-electron chi connectivity index (χ4n) is 1.29. The van der Waals surface area contributed by atoms with Crippen molar-refractivity contribution in [1.29, 1.82) is 0 Å². The van der Waals surface area contributed by atoms with E-state index in [0.29, 0.717) is 15.0 Å². The van der Waals surface area contributed by atoms with Crippen LogP contribution in [0, 0.1) is 0 Å². The normalized spacial score (nSPS) is 9.88. The van der Waals surface area contributed by atoms with Gasteiger partial charge in [0, 0.05) is 0 Å². The first-order valence-corrected chi connectivity index (χ1v) is 7.81. The number of hydrogen-bond acceptors (Lipinski definition) is 2. The van der Waals surface area contributed by atoms with Crippen LogP contribution in [0.15, 0.2) is 60.7 Å². The zero-order chi connectivity index (χ0) is 11.8. The third-order valence-electron chi connectivity index (χ3n) is 2.10. The molecule has 3 heteroatoms. The van der Waals surface area contributed by atoms with Crippen LogP contribution < -0.4 is 9.47 Å². The standard InChI is InChI=1S/C14H14O2Se/c1-3-7-13(8-4-1)15-11-17-12-16-14-9-5-2-6-10-14/h1-10H,11-12H2. The van der Waals surface area contributed by atoms with E-state index in [9.17, 15) is 0 Å². The molecule has 2 aromatic carbocycles. The minimum atomic E-state index is 0.339. The molecule has 2 aromatic rings. The van der Waals surface area contributed by atoms with Crippen LogP contribution in [-0.4, -0.2) is 26.0 Å². The van der Waals surface area contributed by atoms with Gasteiger partial charge in [-0.15, -0.1) is 0 Å². The average molecular weight is 293 g/mol. The SMILES string of the molecule is c1ccc(OC[Se]COc2ccccc2)cc1. The van der Waals surface area contributed by atoms with E-state index < -0.39 is 0 Å². The zero-order valence-electron chi connectivity index (χ0n) is 9.41. The molecule has 0 aliphatic rings. The summed E-state index contributed by atoms with van der Waals surface area (Å²) < 4.78 is 11.2. The number of hydrogen-bond donors (Lipinski definition) is 0. The Bertz CT molecular complexity index is 375. The maximum atomic E-state index is 5.59. The summed E-state index contributed by atoms with van der Waals surface area (Å²) in [5, 5.41) is 0. The second-order valence-corrected chi connectivity index (χ2v) is 5.20. The Labute approximate surface area is 108 Å². The quantitative estimate of drug-likeness (QED) is 0.602. The molecule has 0 fully saturated rings. The summed E-state index contributed by atoms with van der Waals surface area (Å²) in [6.07, 6.45) is 0. The fourth-order valence-corrected chi connectivity index (χ4v) is 2.35. The van der Waals surface area contributed by atoms with Gasteiger partial charge in [0.1, 0.15) is 0 Å². The second kappa shape index (κ2) is 7.00. The van der Waals surface area contributed by atoms with Crippen LogP contribution in [0.25, 0.3) is 0 Å². The van der Waals surface area contributed by atoms with Crippen molar-refractivity contribution >= 4 is 15.0 Å². The molecule has 0 amide bonds. The molecule has 0 N–H and O–H groups in total. The van der Waals surface area contributed by atoms with Crippen molar-refractivity contribution in [3.8, 4) is 11.5 Å². The molecule has 0 aliphatic carbocycles. The topological polar surface area (TPSA) is 18.5 Å². The number of ether oxygens (including phenoxy) is 2. The summed E-state index contributed by atoms with van der Waals surface area (Å²) in [5.74, 6) is 1.85. The summed E-state index contributed by atoms with van der Waals surface area (Å²) in [6, 6.07) is 19.7. The maximum absolute atomic E-state index is 5.59. The van der Waals surface area contributed by atoms with Crippen molar-refractivity contribution in [2.75, 3.05) is 11.0 Å². The summed E-state index contributed by atoms with van der Waals surface area (Å²) in [6.45, 7) is 0. The summed E-state index contributed by atoms with van der Waals surface area (Å²) in [7, 11) is 0. The Kier molecular flexibility index (Phi) is 4.95. The summed E-state index contributed by atoms with van der Waals surface area (Å²) in [4.78, 5) is 0. The predicted molar refractivity (Wildman–Crippen MR) is 69.6 cm³/mol. The van der Waals surface area contributed by atoms with E-state index in [0.717, 1.165) is 22.5 Å². The van der Waals surface area contributed by atoms with Gasteiger partial charge in [-0.2, -0.15) is 0 Å². The fraction of sp³-hybridized carbons (Fsp3) is 0.143. The van der Waals surface area contributed by atoms with Crippen molar-refractivity contribution in [2.45, 2.75) is 0 Å². The van der Waals surface area contributed by atoms with Crippen molar-refractivity contribution in [1.82, 2.24) is 0 Å². The average Bonchev–Trinajstić information content (AvgIpc) is 2.41. The van der Waals surface area contributed by atoms with Crippen LogP contribution >= 0.6 is 0 Å². The summed E-state index contributed by atoms with van der Waals surface area (Å²) >= 11 is 0.339. The molecule has 0 heterocycles. The minimum absolute atomic E-state index is 0.339. The van der Waals surface area contributed by atoms with Gasteiger partial charge in [0.2, 0.25) is 0 Å². The molecule has 0 saturated heterocycles. The number of rotatable bonds is 6. The third kappa shape index (κ3) is 4.51. The van der Waals surface area contributed by atoms with E-state index in [1.54, 1.807) is 0 Å². The molecular weight excluding hydrogens is 279 g/mol. The van der Waals surface area contributed by atoms with Crippen molar-refractivity contribution in [2.24, 2.45) is 0 Å². The van der Waals surface area contributed by atoms with Gasteiger partial charge in [-0.05, 0) is 0 Å². The van der Waals surface area contributed by atoms with Gasteiger partial charge in [-0.1, -0.05) is 0 Å². The molecule has 0 aliphatic heterocycles. The molecular formula is C14H14O2Se. The molecule has 2 nitrogen and oxygen atoms in total. The summed E-state index contributed by atoms with van der Waals surface area (Å²) in [5.41, 5.74) is 1.48. The monoisotopic (exact) mass is 294 g/mol. The Morgan fingerprint density at radius 1 is 0.647 bits per heavy atom. The van der Waals surface area contributed by atoms with Gasteiger partial charge in [0.15, 0.2) is 0 Å². The Balaban J connectivity index is 1.61. The molecule has 0 unspecified atom stereocenters. The van der Waals surface area contributed by atoms with E-state index in [2.05, 4.69) is 0 Å². The predicted octanol–water partition coefficient (Wildman–Crippen LogP) is 2.76.